The molecule has 0 heterocycles. The minimum atomic E-state index is -3.00. The van der Waals surface area contributed by atoms with E-state index in [1.807, 2.05) is 0 Å². The van der Waals surface area contributed by atoms with E-state index in [0.717, 1.165) is 0 Å². The Morgan fingerprint density at radius 2 is 2.00 bits per heavy atom. The average molecular weight is 301 g/mol. The van der Waals surface area contributed by atoms with Crippen molar-refractivity contribution in [1.82, 2.24) is 5.32 Å². The van der Waals surface area contributed by atoms with Gasteiger partial charge < -0.3 is 15.2 Å². The molecule has 0 aliphatic rings. The molecule has 1 atom stereocenters. The van der Waals surface area contributed by atoms with Gasteiger partial charge in [-0.2, -0.15) is 8.78 Å². The second-order valence-corrected chi connectivity index (χ2v) is 4.51. The Labute approximate surface area is 120 Å². The number of carbonyl (C=O) groups is 2. The van der Waals surface area contributed by atoms with Crippen LogP contribution < -0.4 is 10.1 Å². The number of amides is 1. The van der Waals surface area contributed by atoms with Crippen LogP contribution in [-0.2, 0) is 4.79 Å². The third kappa shape index (κ3) is 5.76. The number of ether oxygens (including phenoxy) is 1. The van der Waals surface area contributed by atoms with Crippen molar-refractivity contribution < 1.29 is 28.2 Å². The first kappa shape index (κ1) is 16.9. The van der Waals surface area contributed by atoms with E-state index >= 15 is 0 Å². The number of hydrogen-bond donors (Lipinski definition) is 2. The number of nitrogens with one attached hydrogen (secondary N) is 1. The van der Waals surface area contributed by atoms with Gasteiger partial charge in [0.25, 0.3) is 5.91 Å². The third-order valence-corrected chi connectivity index (χ3v) is 2.87. The average Bonchev–Trinajstić information content (AvgIpc) is 2.42. The molecule has 0 saturated carbocycles. The van der Waals surface area contributed by atoms with Crippen LogP contribution in [0.3, 0.4) is 0 Å². The highest BCUT2D eigenvalue weighted by molar-refractivity contribution is 5.96. The number of aliphatic carboxylic acids is 1. The molecule has 0 bridgehead atoms. The van der Waals surface area contributed by atoms with Crippen molar-refractivity contribution >= 4 is 11.9 Å². The van der Waals surface area contributed by atoms with Crippen molar-refractivity contribution in [3.63, 3.8) is 0 Å². The number of benzene rings is 1. The first-order valence-electron chi connectivity index (χ1n) is 6.46. The fourth-order valence-corrected chi connectivity index (χ4v) is 1.68. The van der Waals surface area contributed by atoms with Gasteiger partial charge in [-0.05, 0) is 25.0 Å². The monoisotopic (exact) mass is 301 g/mol. The lowest BCUT2D eigenvalue weighted by atomic mass is 10.1. The van der Waals surface area contributed by atoms with Crippen LogP contribution in [0.2, 0.25) is 0 Å². The smallest absolute Gasteiger partial charge is 0.387 e. The normalized spacial score (nSPS) is 12.0. The number of para-hydroxylation sites is 1. The number of alkyl halides is 2. The molecule has 1 amide bonds. The summed E-state index contributed by atoms with van der Waals surface area (Å²) in [6, 6.07) is 5.70. The van der Waals surface area contributed by atoms with Gasteiger partial charge in [0.15, 0.2) is 0 Å². The van der Waals surface area contributed by atoms with Gasteiger partial charge in [0.2, 0.25) is 0 Å². The van der Waals surface area contributed by atoms with Gasteiger partial charge in [-0.25, -0.2) is 0 Å². The second kappa shape index (κ2) is 8.18. The number of halogens is 2. The van der Waals surface area contributed by atoms with E-state index in [0.29, 0.717) is 12.8 Å². The summed E-state index contributed by atoms with van der Waals surface area (Å²) in [5.74, 6) is -2.11. The molecular formula is C14H17F2NO4. The van der Waals surface area contributed by atoms with Crippen LogP contribution in [-0.4, -0.2) is 30.1 Å². The largest absolute Gasteiger partial charge is 0.481 e. The molecule has 0 aromatic heterocycles. The van der Waals surface area contributed by atoms with E-state index < -0.39 is 24.4 Å². The number of hydrogen-bond acceptors (Lipinski definition) is 3. The predicted octanol–water partition coefficient (Wildman–Crippen LogP) is 2.52. The zero-order chi connectivity index (χ0) is 15.8. The van der Waals surface area contributed by atoms with Crippen LogP contribution in [0, 0.1) is 5.92 Å². The molecule has 21 heavy (non-hydrogen) atoms. The Morgan fingerprint density at radius 1 is 1.33 bits per heavy atom. The van der Waals surface area contributed by atoms with E-state index in [1.54, 1.807) is 13.0 Å². The van der Waals surface area contributed by atoms with Gasteiger partial charge in [0, 0.05) is 6.54 Å². The summed E-state index contributed by atoms with van der Waals surface area (Å²) < 4.78 is 28.7. The summed E-state index contributed by atoms with van der Waals surface area (Å²) >= 11 is 0. The van der Waals surface area contributed by atoms with Gasteiger partial charge in [0.1, 0.15) is 5.75 Å². The molecule has 5 nitrogen and oxygen atoms in total. The topological polar surface area (TPSA) is 75.6 Å². The lowest BCUT2D eigenvalue weighted by Gasteiger charge is -2.11. The minimum absolute atomic E-state index is 0.0177. The van der Waals surface area contributed by atoms with Crippen molar-refractivity contribution in [1.29, 1.82) is 0 Å². The van der Waals surface area contributed by atoms with Crippen molar-refractivity contribution in [3.05, 3.63) is 29.8 Å². The summed E-state index contributed by atoms with van der Waals surface area (Å²) in [4.78, 5) is 22.5. The standard InChI is InChI=1S/C14H17F2NO4/c1-9(13(19)20)5-4-8-17-12(18)10-6-2-3-7-11(10)21-14(15)16/h2-3,6-7,9,14H,4-5,8H2,1H3,(H,17,18)(H,19,20). The molecule has 0 spiro atoms. The fraction of sp³-hybridized carbons (Fsp3) is 0.429. The number of carboxylic acid groups (broad SMARTS) is 1. The Hall–Kier alpha value is -2.18. The lowest BCUT2D eigenvalue weighted by Crippen LogP contribution is -2.26. The SMILES string of the molecule is CC(CCCNC(=O)c1ccccc1OC(F)F)C(=O)O. The Bertz CT molecular complexity index is 494. The van der Waals surface area contributed by atoms with Crippen LogP contribution in [0.1, 0.15) is 30.1 Å². The third-order valence-electron chi connectivity index (χ3n) is 2.87. The van der Waals surface area contributed by atoms with Gasteiger partial charge in [-0.1, -0.05) is 19.1 Å². The summed E-state index contributed by atoms with van der Waals surface area (Å²) in [6.07, 6.45) is 0.905. The number of carbonyl (C=O) groups excluding carboxylic acids is 1. The maximum Gasteiger partial charge on any atom is 0.387 e. The zero-order valence-electron chi connectivity index (χ0n) is 11.5. The van der Waals surface area contributed by atoms with Crippen molar-refractivity contribution in [2.75, 3.05) is 6.54 Å². The molecule has 0 aliphatic carbocycles. The Balaban J connectivity index is 2.50. The molecule has 116 valence electrons. The first-order valence-corrected chi connectivity index (χ1v) is 6.46. The minimum Gasteiger partial charge on any atom is -0.481 e. The zero-order valence-corrected chi connectivity index (χ0v) is 11.5. The molecule has 7 heteroatoms. The molecule has 0 radical (unpaired) electrons. The quantitative estimate of drug-likeness (QED) is 0.723. The second-order valence-electron chi connectivity index (χ2n) is 4.51. The molecule has 1 rings (SSSR count). The molecule has 1 unspecified atom stereocenters. The fourth-order valence-electron chi connectivity index (χ4n) is 1.68. The van der Waals surface area contributed by atoms with Crippen LogP contribution >= 0.6 is 0 Å². The molecule has 2 N–H and O–H groups in total. The highest BCUT2D eigenvalue weighted by Crippen LogP contribution is 2.20. The highest BCUT2D eigenvalue weighted by atomic mass is 19.3. The van der Waals surface area contributed by atoms with Crippen LogP contribution in [0.5, 0.6) is 5.75 Å². The highest BCUT2D eigenvalue weighted by Gasteiger charge is 2.15. The molecule has 0 saturated heterocycles. The van der Waals surface area contributed by atoms with Gasteiger partial charge >= 0.3 is 12.6 Å². The molecule has 0 fully saturated rings. The summed E-state index contributed by atoms with van der Waals surface area (Å²) in [5.41, 5.74) is 0.0177. The van der Waals surface area contributed by atoms with E-state index in [9.17, 15) is 18.4 Å². The van der Waals surface area contributed by atoms with E-state index in [2.05, 4.69) is 10.1 Å². The first-order chi connectivity index (χ1) is 9.91. The van der Waals surface area contributed by atoms with Gasteiger partial charge in [-0.15, -0.1) is 0 Å². The lowest BCUT2D eigenvalue weighted by molar-refractivity contribution is -0.141. The number of rotatable bonds is 8. The summed E-state index contributed by atoms with van der Waals surface area (Å²) in [5, 5.41) is 11.3. The van der Waals surface area contributed by atoms with E-state index in [-0.39, 0.29) is 17.9 Å². The summed E-state index contributed by atoms with van der Waals surface area (Å²) in [6.45, 7) is -1.16. The molecular weight excluding hydrogens is 284 g/mol. The van der Waals surface area contributed by atoms with E-state index in [4.69, 9.17) is 5.11 Å². The van der Waals surface area contributed by atoms with E-state index in [1.165, 1.54) is 18.2 Å². The molecule has 0 aliphatic heterocycles. The summed E-state index contributed by atoms with van der Waals surface area (Å²) in [7, 11) is 0. The van der Waals surface area contributed by atoms with Crippen LogP contribution in [0.15, 0.2) is 24.3 Å². The predicted molar refractivity (Wildman–Crippen MR) is 71.4 cm³/mol. The van der Waals surface area contributed by atoms with Crippen LogP contribution in [0.4, 0.5) is 8.78 Å². The van der Waals surface area contributed by atoms with Gasteiger partial charge in [0.05, 0.1) is 11.5 Å². The Kier molecular flexibility index (Phi) is 6.58. The van der Waals surface area contributed by atoms with Crippen molar-refractivity contribution in [2.24, 2.45) is 5.92 Å². The Morgan fingerprint density at radius 3 is 2.62 bits per heavy atom. The molecule has 1 aromatic carbocycles. The van der Waals surface area contributed by atoms with Crippen LogP contribution in [0.25, 0.3) is 0 Å². The molecule has 1 aromatic rings. The van der Waals surface area contributed by atoms with Crippen molar-refractivity contribution in [2.45, 2.75) is 26.4 Å². The number of carboxylic acids is 1. The maximum atomic E-state index is 12.2. The van der Waals surface area contributed by atoms with Gasteiger partial charge in [-0.3, -0.25) is 9.59 Å². The van der Waals surface area contributed by atoms with Crippen molar-refractivity contribution in [3.8, 4) is 5.75 Å². The maximum absolute atomic E-state index is 12.2.